The van der Waals surface area contributed by atoms with Crippen LogP contribution in [0.15, 0.2) is 11.8 Å². The molecule has 2 heteroatoms. The van der Waals surface area contributed by atoms with Crippen LogP contribution in [0.4, 0.5) is 0 Å². The number of ether oxygens (including phenoxy) is 1. The lowest BCUT2D eigenvalue weighted by atomic mass is 9.66. The molecule has 2 nitrogen and oxygen atoms in total. The van der Waals surface area contributed by atoms with Crippen molar-refractivity contribution in [1.82, 2.24) is 0 Å². The second kappa shape index (κ2) is 7.85. The molecule has 0 radical (unpaired) electrons. The first kappa shape index (κ1) is 19.2. The van der Waals surface area contributed by atoms with E-state index in [1.807, 2.05) is 13.8 Å². The zero-order valence-corrected chi connectivity index (χ0v) is 14.8. The van der Waals surface area contributed by atoms with E-state index in [-0.39, 0.29) is 11.4 Å². The van der Waals surface area contributed by atoms with E-state index in [1.54, 1.807) is 0 Å². The van der Waals surface area contributed by atoms with Gasteiger partial charge in [0.2, 0.25) is 0 Å². The summed E-state index contributed by atoms with van der Waals surface area (Å²) in [5.41, 5.74) is -0.550. The van der Waals surface area contributed by atoms with E-state index in [2.05, 4.69) is 47.6 Å². The van der Waals surface area contributed by atoms with Crippen LogP contribution in [0.25, 0.3) is 0 Å². The second-order valence-corrected chi connectivity index (χ2v) is 7.06. The number of allylic oxidation sites excluding steroid dienone is 2. The van der Waals surface area contributed by atoms with Gasteiger partial charge in [0.1, 0.15) is 5.76 Å². The molecule has 0 aromatic heterocycles. The van der Waals surface area contributed by atoms with Gasteiger partial charge >= 0.3 is 5.97 Å². The zero-order chi connectivity index (χ0) is 16.0. The molecule has 0 bridgehead atoms. The molecule has 1 atom stereocenters. The third-order valence-electron chi connectivity index (χ3n) is 4.96. The van der Waals surface area contributed by atoms with Gasteiger partial charge in [-0.25, -0.2) is 0 Å². The Morgan fingerprint density at radius 2 is 1.60 bits per heavy atom. The van der Waals surface area contributed by atoms with Crippen molar-refractivity contribution in [2.24, 2.45) is 16.7 Å². The number of hydrogen-bond donors (Lipinski definition) is 0. The van der Waals surface area contributed by atoms with E-state index in [0.717, 1.165) is 18.6 Å². The molecule has 0 saturated carbocycles. The first-order valence-electron chi connectivity index (χ1n) is 8.01. The van der Waals surface area contributed by atoms with Gasteiger partial charge in [0.25, 0.3) is 0 Å². The van der Waals surface area contributed by atoms with Crippen LogP contribution in [0.2, 0.25) is 0 Å². The lowest BCUT2D eigenvalue weighted by Gasteiger charge is -2.38. The SMILES string of the molecule is CCC(CC)C/C=C(/C)OC(=O)C(C)(CC)C(C)(C)C. The monoisotopic (exact) mass is 282 g/mol. The number of hydrogen-bond acceptors (Lipinski definition) is 2. The Balaban J connectivity index is 4.78. The molecule has 0 spiro atoms. The van der Waals surface area contributed by atoms with Gasteiger partial charge in [-0.15, -0.1) is 0 Å². The van der Waals surface area contributed by atoms with Gasteiger partial charge in [0.15, 0.2) is 0 Å². The fourth-order valence-electron chi connectivity index (χ4n) is 2.24. The van der Waals surface area contributed by atoms with Crippen molar-refractivity contribution in [3.8, 4) is 0 Å². The maximum atomic E-state index is 12.5. The molecule has 118 valence electrons. The molecule has 20 heavy (non-hydrogen) atoms. The third-order valence-corrected chi connectivity index (χ3v) is 4.96. The molecule has 0 aromatic carbocycles. The normalized spacial score (nSPS) is 16.1. The fraction of sp³-hybridized carbons (Fsp3) is 0.833. The molecule has 0 amide bonds. The third kappa shape index (κ3) is 4.96. The average molecular weight is 282 g/mol. The molecule has 0 aliphatic carbocycles. The van der Waals surface area contributed by atoms with Crippen LogP contribution in [-0.4, -0.2) is 5.97 Å². The van der Waals surface area contributed by atoms with Crippen molar-refractivity contribution >= 4 is 5.97 Å². The molecule has 0 heterocycles. The van der Waals surface area contributed by atoms with Crippen molar-refractivity contribution in [2.75, 3.05) is 0 Å². The van der Waals surface area contributed by atoms with Crippen molar-refractivity contribution in [1.29, 1.82) is 0 Å². The molecular weight excluding hydrogens is 248 g/mol. The van der Waals surface area contributed by atoms with Crippen LogP contribution in [0.5, 0.6) is 0 Å². The van der Waals surface area contributed by atoms with Crippen LogP contribution < -0.4 is 0 Å². The molecule has 0 aromatic rings. The first-order valence-corrected chi connectivity index (χ1v) is 8.01. The maximum absolute atomic E-state index is 12.5. The van der Waals surface area contributed by atoms with Gasteiger partial charge in [-0.1, -0.05) is 54.4 Å². The van der Waals surface area contributed by atoms with Gasteiger partial charge in [-0.3, -0.25) is 4.79 Å². The van der Waals surface area contributed by atoms with Gasteiger partial charge < -0.3 is 4.74 Å². The van der Waals surface area contributed by atoms with E-state index >= 15 is 0 Å². The summed E-state index contributed by atoms with van der Waals surface area (Å²) in [6.07, 6.45) is 6.18. The minimum absolute atomic E-state index is 0.103. The van der Waals surface area contributed by atoms with Crippen molar-refractivity contribution in [2.45, 2.75) is 81.1 Å². The van der Waals surface area contributed by atoms with E-state index < -0.39 is 5.41 Å². The Kier molecular flexibility index (Phi) is 7.54. The summed E-state index contributed by atoms with van der Waals surface area (Å²) in [4.78, 5) is 12.5. The maximum Gasteiger partial charge on any atom is 0.317 e. The highest BCUT2D eigenvalue weighted by Gasteiger charge is 2.44. The number of rotatable bonds is 7. The Morgan fingerprint density at radius 3 is 1.95 bits per heavy atom. The van der Waals surface area contributed by atoms with Crippen molar-refractivity contribution in [3.63, 3.8) is 0 Å². The lowest BCUT2D eigenvalue weighted by Crippen LogP contribution is -2.40. The Labute approximate surface area is 126 Å². The molecular formula is C18H34O2. The van der Waals surface area contributed by atoms with E-state index in [4.69, 9.17) is 4.74 Å². The minimum Gasteiger partial charge on any atom is -0.431 e. The highest BCUT2D eigenvalue weighted by molar-refractivity contribution is 5.78. The largest absolute Gasteiger partial charge is 0.431 e. The fourth-order valence-corrected chi connectivity index (χ4v) is 2.24. The van der Waals surface area contributed by atoms with Crippen molar-refractivity contribution in [3.05, 3.63) is 11.8 Å². The van der Waals surface area contributed by atoms with Crippen LogP contribution >= 0.6 is 0 Å². The van der Waals surface area contributed by atoms with Crippen LogP contribution in [0.3, 0.4) is 0 Å². The number of esters is 1. The Hall–Kier alpha value is -0.790. The van der Waals surface area contributed by atoms with E-state index in [0.29, 0.717) is 5.92 Å². The zero-order valence-electron chi connectivity index (χ0n) is 14.8. The van der Waals surface area contributed by atoms with Gasteiger partial charge in [0, 0.05) is 0 Å². The molecule has 0 aliphatic heterocycles. The smallest absolute Gasteiger partial charge is 0.317 e. The summed E-state index contributed by atoms with van der Waals surface area (Å²) < 4.78 is 5.59. The van der Waals surface area contributed by atoms with Crippen molar-refractivity contribution < 1.29 is 9.53 Å². The summed E-state index contributed by atoms with van der Waals surface area (Å²) in [6, 6.07) is 0. The average Bonchev–Trinajstić information content (AvgIpc) is 2.37. The van der Waals surface area contributed by atoms with Gasteiger partial charge in [0.05, 0.1) is 5.41 Å². The minimum atomic E-state index is -0.447. The predicted octanol–water partition coefficient (Wildman–Crippen LogP) is 5.72. The highest BCUT2D eigenvalue weighted by atomic mass is 16.5. The topological polar surface area (TPSA) is 26.3 Å². The summed E-state index contributed by atoms with van der Waals surface area (Å²) >= 11 is 0. The summed E-state index contributed by atoms with van der Waals surface area (Å²) in [7, 11) is 0. The second-order valence-electron chi connectivity index (χ2n) is 7.06. The quantitative estimate of drug-likeness (QED) is 0.441. The number of carbonyl (C=O) groups is 1. The standard InChI is InChI=1S/C18H34O2/c1-9-15(10-2)13-12-14(4)20-16(19)18(8,11-3)17(5,6)7/h12,15H,9-11,13H2,1-8H3/b14-12-. The molecule has 1 unspecified atom stereocenters. The molecule has 0 saturated heterocycles. The van der Waals surface area contributed by atoms with Crippen LogP contribution in [0, 0.1) is 16.7 Å². The Morgan fingerprint density at radius 1 is 1.10 bits per heavy atom. The Bertz CT molecular complexity index is 332. The highest BCUT2D eigenvalue weighted by Crippen LogP contribution is 2.42. The summed E-state index contributed by atoms with van der Waals surface area (Å²) in [6.45, 7) is 16.6. The first-order chi connectivity index (χ1) is 9.12. The summed E-state index contributed by atoms with van der Waals surface area (Å²) in [5.74, 6) is 1.32. The predicted molar refractivity (Wildman–Crippen MR) is 86.4 cm³/mol. The molecule has 0 fully saturated rings. The molecule has 0 aliphatic rings. The van der Waals surface area contributed by atoms with E-state index in [1.165, 1.54) is 12.8 Å². The molecule has 0 N–H and O–H groups in total. The van der Waals surface area contributed by atoms with Crippen LogP contribution in [-0.2, 0) is 9.53 Å². The summed E-state index contributed by atoms with van der Waals surface area (Å²) in [5, 5.41) is 0. The van der Waals surface area contributed by atoms with Crippen LogP contribution in [0.1, 0.15) is 81.1 Å². The van der Waals surface area contributed by atoms with Gasteiger partial charge in [-0.2, -0.15) is 0 Å². The number of carbonyl (C=O) groups excluding carboxylic acids is 1. The van der Waals surface area contributed by atoms with E-state index in [9.17, 15) is 4.79 Å². The lowest BCUT2D eigenvalue weighted by molar-refractivity contribution is -0.157. The van der Waals surface area contributed by atoms with Gasteiger partial charge in [-0.05, 0) is 44.1 Å². The molecule has 0 rings (SSSR count).